The highest BCUT2D eigenvalue weighted by molar-refractivity contribution is 5.99. The maximum atomic E-state index is 13.0. The Bertz CT molecular complexity index is 743. The molecular formula is C20H28Cl2N4O2. The molecule has 1 unspecified atom stereocenters. The number of piperidine rings is 1. The van der Waals surface area contributed by atoms with Crippen molar-refractivity contribution in [3.63, 3.8) is 0 Å². The Hall–Kier alpha value is -2.02. The zero-order chi connectivity index (χ0) is 18.4. The van der Waals surface area contributed by atoms with Crippen molar-refractivity contribution in [1.82, 2.24) is 15.2 Å². The quantitative estimate of drug-likeness (QED) is 0.732. The summed E-state index contributed by atoms with van der Waals surface area (Å²) in [5.41, 5.74) is 1.46. The summed E-state index contributed by atoms with van der Waals surface area (Å²) in [6.07, 6.45) is 3.81. The molecule has 1 aromatic carbocycles. The van der Waals surface area contributed by atoms with Gasteiger partial charge in [-0.25, -0.2) is 4.98 Å². The number of likely N-dealkylation sites (tertiary alicyclic amines) is 1. The fourth-order valence-electron chi connectivity index (χ4n) is 3.18. The Kier molecular flexibility index (Phi) is 10.1. The molecule has 1 saturated heterocycles. The van der Waals surface area contributed by atoms with Gasteiger partial charge in [-0.1, -0.05) is 0 Å². The molecule has 0 spiro atoms. The van der Waals surface area contributed by atoms with Crippen molar-refractivity contribution in [2.75, 3.05) is 32.1 Å². The summed E-state index contributed by atoms with van der Waals surface area (Å²) in [4.78, 5) is 19.3. The molecule has 154 valence electrons. The van der Waals surface area contributed by atoms with E-state index in [0.717, 1.165) is 37.4 Å². The van der Waals surface area contributed by atoms with Crippen molar-refractivity contribution >= 4 is 42.2 Å². The van der Waals surface area contributed by atoms with Gasteiger partial charge in [0.05, 0.1) is 12.2 Å². The first-order valence-electron chi connectivity index (χ1n) is 9.12. The van der Waals surface area contributed by atoms with Gasteiger partial charge in [0, 0.05) is 31.0 Å². The van der Waals surface area contributed by atoms with E-state index in [1.165, 1.54) is 0 Å². The SMILES string of the molecule is CCOc1ccc(Nc2ncccc2C(=O)N2CCCC(NC)C2)cc1.Cl.Cl. The number of likely N-dealkylation sites (N-methyl/N-ethyl adjacent to an activating group) is 1. The number of anilines is 2. The second kappa shape index (κ2) is 11.7. The normalized spacial score (nSPS) is 15.8. The van der Waals surface area contributed by atoms with Gasteiger partial charge >= 0.3 is 0 Å². The largest absolute Gasteiger partial charge is 0.494 e. The Morgan fingerprint density at radius 1 is 1.25 bits per heavy atom. The van der Waals surface area contributed by atoms with Crippen LogP contribution in [0, 0.1) is 0 Å². The molecule has 1 fully saturated rings. The van der Waals surface area contributed by atoms with Gasteiger partial charge < -0.3 is 20.3 Å². The highest BCUT2D eigenvalue weighted by atomic mass is 35.5. The molecule has 1 aliphatic rings. The highest BCUT2D eigenvalue weighted by Gasteiger charge is 2.25. The average molecular weight is 427 g/mol. The number of carbonyl (C=O) groups excluding carboxylic acids is 1. The first kappa shape index (κ1) is 24.0. The van der Waals surface area contributed by atoms with Gasteiger partial charge in [0.1, 0.15) is 11.6 Å². The molecule has 0 bridgehead atoms. The minimum absolute atomic E-state index is 0. The number of aromatic nitrogens is 1. The molecule has 1 aromatic heterocycles. The van der Waals surface area contributed by atoms with Crippen LogP contribution in [0.4, 0.5) is 11.5 Å². The molecule has 1 amide bonds. The maximum absolute atomic E-state index is 13.0. The van der Waals surface area contributed by atoms with Crippen LogP contribution in [0.3, 0.4) is 0 Å². The van der Waals surface area contributed by atoms with E-state index < -0.39 is 0 Å². The summed E-state index contributed by atoms with van der Waals surface area (Å²) in [5.74, 6) is 1.42. The standard InChI is InChI=1S/C20H26N4O2.2ClH/c1-3-26-17-10-8-15(9-11-17)23-19-18(7-4-12-22-19)20(25)24-13-5-6-16(14-24)21-2;;/h4,7-12,16,21H,3,5-6,13-14H2,1-2H3,(H,22,23);2*1H. The van der Waals surface area contributed by atoms with Gasteiger partial charge in [0.2, 0.25) is 0 Å². The van der Waals surface area contributed by atoms with Gasteiger partial charge in [-0.15, -0.1) is 24.8 Å². The molecule has 1 atom stereocenters. The van der Waals surface area contributed by atoms with E-state index in [9.17, 15) is 4.79 Å². The van der Waals surface area contributed by atoms with Crippen LogP contribution in [-0.2, 0) is 0 Å². The third-order valence-electron chi connectivity index (χ3n) is 4.58. The Labute approximate surface area is 178 Å². The van der Waals surface area contributed by atoms with Crippen LogP contribution in [0.15, 0.2) is 42.6 Å². The lowest BCUT2D eigenvalue weighted by molar-refractivity contribution is 0.0699. The van der Waals surface area contributed by atoms with Crippen molar-refractivity contribution in [3.05, 3.63) is 48.2 Å². The number of pyridine rings is 1. The fourth-order valence-corrected chi connectivity index (χ4v) is 3.18. The zero-order valence-corrected chi connectivity index (χ0v) is 17.8. The second-order valence-electron chi connectivity index (χ2n) is 6.36. The van der Waals surface area contributed by atoms with Gasteiger partial charge in [-0.05, 0) is 63.2 Å². The number of hydrogen-bond donors (Lipinski definition) is 2. The first-order valence-corrected chi connectivity index (χ1v) is 9.12. The summed E-state index contributed by atoms with van der Waals surface area (Å²) < 4.78 is 5.46. The predicted octanol–water partition coefficient (Wildman–Crippen LogP) is 3.89. The number of hydrogen-bond acceptors (Lipinski definition) is 5. The number of rotatable bonds is 6. The topological polar surface area (TPSA) is 66.5 Å². The molecule has 3 rings (SSSR count). The monoisotopic (exact) mass is 426 g/mol. The zero-order valence-electron chi connectivity index (χ0n) is 16.2. The van der Waals surface area contributed by atoms with Crippen LogP contribution in [0.1, 0.15) is 30.1 Å². The predicted molar refractivity (Wildman–Crippen MR) is 118 cm³/mol. The minimum atomic E-state index is 0. The molecular weight excluding hydrogens is 399 g/mol. The fraction of sp³-hybridized carbons (Fsp3) is 0.400. The van der Waals surface area contributed by atoms with E-state index in [1.54, 1.807) is 12.3 Å². The molecule has 0 aliphatic carbocycles. The molecule has 0 saturated carbocycles. The smallest absolute Gasteiger partial charge is 0.257 e. The molecule has 28 heavy (non-hydrogen) atoms. The molecule has 6 nitrogen and oxygen atoms in total. The number of nitrogens with one attached hydrogen (secondary N) is 2. The lowest BCUT2D eigenvalue weighted by atomic mass is 10.0. The average Bonchev–Trinajstić information content (AvgIpc) is 2.69. The van der Waals surface area contributed by atoms with Crippen LogP contribution in [0.25, 0.3) is 0 Å². The van der Waals surface area contributed by atoms with E-state index in [2.05, 4.69) is 15.6 Å². The molecule has 0 radical (unpaired) electrons. The van der Waals surface area contributed by atoms with Crippen LogP contribution in [-0.4, -0.2) is 48.6 Å². The molecule has 2 aromatic rings. The van der Waals surface area contributed by atoms with E-state index in [1.807, 2.05) is 49.2 Å². The summed E-state index contributed by atoms with van der Waals surface area (Å²) in [5, 5.41) is 6.53. The summed E-state index contributed by atoms with van der Waals surface area (Å²) >= 11 is 0. The Morgan fingerprint density at radius 3 is 2.68 bits per heavy atom. The first-order chi connectivity index (χ1) is 12.7. The highest BCUT2D eigenvalue weighted by Crippen LogP contribution is 2.23. The van der Waals surface area contributed by atoms with Crippen LogP contribution >= 0.6 is 24.8 Å². The van der Waals surface area contributed by atoms with Gasteiger partial charge in [0.25, 0.3) is 5.91 Å². The van der Waals surface area contributed by atoms with Crippen molar-refractivity contribution in [3.8, 4) is 5.75 Å². The number of halogens is 2. The van der Waals surface area contributed by atoms with E-state index in [4.69, 9.17) is 4.74 Å². The molecule has 2 heterocycles. The van der Waals surface area contributed by atoms with Crippen molar-refractivity contribution < 1.29 is 9.53 Å². The van der Waals surface area contributed by atoms with Crippen molar-refractivity contribution in [2.45, 2.75) is 25.8 Å². The van der Waals surface area contributed by atoms with Crippen LogP contribution in [0.2, 0.25) is 0 Å². The van der Waals surface area contributed by atoms with Crippen molar-refractivity contribution in [1.29, 1.82) is 0 Å². The third kappa shape index (κ3) is 5.99. The maximum Gasteiger partial charge on any atom is 0.257 e. The van der Waals surface area contributed by atoms with Gasteiger partial charge in [-0.2, -0.15) is 0 Å². The van der Waals surface area contributed by atoms with E-state index in [-0.39, 0.29) is 30.7 Å². The van der Waals surface area contributed by atoms with Crippen molar-refractivity contribution in [2.24, 2.45) is 0 Å². The Morgan fingerprint density at radius 2 is 2.00 bits per heavy atom. The second-order valence-corrected chi connectivity index (χ2v) is 6.36. The lowest BCUT2D eigenvalue weighted by Crippen LogP contribution is -2.47. The summed E-state index contributed by atoms with van der Waals surface area (Å²) in [6.45, 7) is 4.10. The van der Waals surface area contributed by atoms with Gasteiger partial charge in [0.15, 0.2) is 0 Å². The minimum Gasteiger partial charge on any atom is -0.494 e. The number of ether oxygens (including phenoxy) is 1. The molecule has 2 N–H and O–H groups in total. The lowest BCUT2D eigenvalue weighted by Gasteiger charge is -2.32. The number of nitrogens with zero attached hydrogens (tertiary/aromatic N) is 2. The number of carbonyl (C=O) groups is 1. The molecule has 8 heteroatoms. The molecule has 1 aliphatic heterocycles. The van der Waals surface area contributed by atoms with Crippen LogP contribution in [0.5, 0.6) is 5.75 Å². The van der Waals surface area contributed by atoms with E-state index in [0.29, 0.717) is 24.0 Å². The van der Waals surface area contributed by atoms with E-state index >= 15 is 0 Å². The van der Waals surface area contributed by atoms with Gasteiger partial charge in [-0.3, -0.25) is 4.79 Å². The summed E-state index contributed by atoms with van der Waals surface area (Å²) in [6, 6.07) is 11.6. The Balaban J connectivity index is 0.00000196. The number of amides is 1. The van der Waals surface area contributed by atoms with Crippen LogP contribution < -0.4 is 15.4 Å². The summed E-state index contributed by atoms with van der Waals surface area (Å²) in [7, 11) is 1.95. The third-order valence-corrected chi connectivity index (χ3v) is 4.58. The number of benzene rings is 1.